The molecule has 1 aliphatic rings. The maximum atomic E-state index is 12.9. The zero-order chi connectivity index (χ0) is 21.3. The van der Waals surface area contributed by atoms with E-state index in [-0.39, 0.29) is 24.3 Å². The Bertz CT molecular complexity index is 1080. The molecule has 2 aromatic carbocycles. The monoisotopic (exact) mass is 404 g/mol. The molecule has 0 saturated carbocycles. The highest BCUT2D eigenvalue weighted by Gasteiger charge is 2.35. The molecule has 6 nitrogen and oxygen atoms in total. The number of likely N-dealkylation sites (N-methyl/N-ethyl adjacent to an activating group) is 1. The van der Waals surface area contributed by atoms with Crippen molar-refractivity contribution in [1.29, 1.82) is 0 Å². The summed E-state index contributed by atoms with van der Waals surface area (Å²) in [6, 6.07) is 15.8. The number of carbonyl (C=O) groups is 2. The molecule has 30 heavy (non-hydrogen) atoms. The molecule has 1 unspecified atom stereocenters. The Hall–Kier alpha value is -3.15. The minimum atomic E-state index is -0.0472. The topological polar surface area (TPSA) is 58.4 Å². The van der Waals surface area contributed by atoms with Crippen molar-refractivity contribution in [3.63, 3.8) is 0 Å². The van der Waals surface area contributed by atoms with Crippen molar-refractivity contribution in [2.45, 2.75) is 39.7 Å². The van der Waals surface area contributed by atoms with Crippen LogP contribution in [0.25, 0.3) is 11.0 Å². The van der Waals surface area contributed by atoms with Crippen LogP contribution >= 0.6 is 0 Å². The Morgan fingerprint density at radius 1 is 1.10 bits per heavy atom. The van der Waals surface area contributed by atoms with E-state index in [1.807, 2.05) is 83.7 Å². The van der Waals surface area contributed by atoms with E-state index in [9.17, 15) is 9.59 Å². The van der Waals surface area contributed by atoms with E-state index < -0.39 is 0 Å². The van der Waals surface area contributed by atoms with Gasteiger partial charge in [-0.05, 0) is 44.5 Å². The fourth-order valence-electron chi connectivity index (χ4n) is 4.36. The van der Waals surface area contributed by atoms with Crippen molar-refractivity contribution in [1.82, 2.24) is 14.5 Å². The summed E-state index contributed by atoms with van der Waals surface area (Å²) in [7, 11) is 0. The molecule has 0 N–H and O–H groups in total. The lowest BCUT2D eigenvalue weighted by Crippen LogP contribution is -2.34. The number of imidazole rings is 1. The van der Waals surface area contributed by atoms with E-state index >= 15 is 0 Å². The number of hydrogen-bond acceptors (Lipinski definition) is 3. The first-order valence-electron chi connectivity index (χ1n) is 10.6. The Labute approximate surface area is 177 Å². The quantitative estimate of drug-likeness (QED) is 0.629. The van der Waals surface area contributed by atoms with Gasteiger partial charge in [0.2, 0.25) is 11.8 Å². The van der Waals surface area contributed by atoms with Gasteiger partial charge in [-0.1, -0.05) is 30.3 Å². The number of hydrogen-bond donors (Lipinski definition) is 0. The molecule has 1 atom stereocenters. The lowest BCUT2D eigenvalue weighted by molar-refractivity contribution is -0.131. The molecule has 1 saturated heterocycles. The minimum Gasteiger partial charge on any atom is -0.342 e. The van der Waals surface area contributed by atoms with Crippen LogP contribution in [0, 0.1) is 6.92 Å². The normalized spacial score (nSPS) is 16.4. The lowest BCUT2D eigenvalue weighted by atomic mass is 10.1. The number of nitrogens with zero attached hydrogens (tertiary/aromatic N) is 4. The first kappa shape index (κ1) is 20.1. The molecule has 0 aliphatic carbocycles. The summed E-state index contributed by atoms with van der Waals surface area (Å²) in [6.45, 7) is 8.18. The highest BCUT2D eigenvalue weighted by molar-refractivity contribution is 5.97. The molecule has 2 amide bonds. The Balaban J connectivity index is 1.70. The van der Waals surface area contributed by atoms with Crippen LogP contribution in [-0.4, -0.2) is 45.9 Å². The molecule has 1 aliphatic heterocycles. The standard InChI is InChI=1S/C24H28N4O2/c1-4-26(5-2)23(30)16-28-21-13-9-7-11-19(21)25-24(28)18-14-22(29)27(15-18)20-12-8-6-10-17(20)3/h6-13,18H,4-5,14-16H2,1-3H3. The maximum Gasteiger partial charge on any atom is 0.242 e. The van der Waals surface area contributed by atoms with Crippen LogP contribution in [-0.2, 0) is 16.1 Å². The highest BCUT2D eigenvalue weighted by Crippen LogP contribution is 2.34. The number of anilines is 1. The van der Waals surface area contributed by atoms with Crippen LogP contribution in [0.1, 0.15) is 37.6 Å². The van der Waals surface area contributed by atoms with E-state index in [1.54, 1.807) is 0 Å². The predicted molar refractivity (Wildman–Crippen MR) is 119 cm³/mol. The number of amides is 2. The SMILES string of the molecule is CCN(CC)C(=O)Cn1c(C2CC(=O)N(c3ccccc3C)C2)nc2ccccc21. The number of para-hydroxylation sites is 3. The van der Waals surface area contributed by atoms with E-state index in [2.05, 4.69) is 0 Å². The third kappa shape index (κ3) is 3.58. The van der Waals surface area contributed by atoms with Gasteiger partial charge in [-0.15, -0.1) is 0 Å². The first-order valence-corrected chi connectivity index (χ1v) is 10.6. The van der Waals surface area contributed by atoms with Gasteiger partial charge in [0.25, 0.3) is 0 Å². The van der Waals surface area contributed by atoms with Crippen LogP contribution in [0.4, 0.5) is 5.69 Å². The van der Waals surface area contributed by atoms with Crippen LogP contribution in [0.2, 0.25) is 0 Å². The van der Waals surface area contributed by atoms with Crippen molar-refractivity contribution >= 4 is 28.5 Å². The van der Waals surface area contributed by atoms with Crippen LogP contribution in [0.3, 0.4) is 0 Å². The molecule has 2 heterocycles. The van der Waals surface area contributed by atoms with E-state index in [0.29, 0.717) is 26.1 Å². The zero-order valence-corrected chi connectivity index (χ0v) is 17.8. The van der Waals surface area contributed by atoms with Gasteiger partial charge in [0.05, 0.1) is 11.0 Å². The van der Waals surface area contributed by atoms with Gasteiger partial charge in [-0.3, -0.25) is 9.59 Å². The molecule has 3 aromatic rings. The average Bonchev–Trinajstić information content (AvgIpc) is 3.30. The molecule has 0 bridgehead atoms. The van der Waals surface area contributed by atoms with E-state index in [4.69, 9.17) is 4.98 Å². The predicted octanol–water partition coefficient (Wildman–Crippen LogP) is 3.73. The van der Waals surface area contributed by atoms with E-state index in [1.165, 1.54) is 0 Å². The van der Waals surface area contributed by atoms with Gasteiger partial charge in [0, 0.05) is 37.7 Å². The molecule has 6 heteroatoms. The number of fused-ring (bicyclic) bond motifs is 1. The van der Waals surface area contributed by atoms with Crippen molar-refractivity contribution < 1.29 is 9.59 Å². The smallest absolute Gasteiger partial charge is 0.242 e. The number of rotatable bonds is 6. The van der Waals surface area contributed by atoms with Crippen molar-refractivity contribution in [3.8, 4) is 0 Å². The van der Waals surface area contributed by atoms with Gasteiger partial charge in [-0.2, -0.15) is 0 Å². The van der Waals surface area contributed by atoms with Gasteiger partial charge < -0.3 is 14.4 Å². The van der Waals surface area contributed by atoms with Gasteiger partial charge in [-0.25, -0.2) is 4.98 Å². The largest absolute Gasteiger partial charge is 0.342 e. The van der Waals surface area contributed by atoms with Crippen molar-refractivity contribution in [3.05, 3.63) is 59.9 Å². The molecular formula is C24H28N4O2. The van der Waals surface area contributed by atoms with Crippen molar-refractivity contribution in [2.24, 2.45) is 0 Å². The van der Waals surface area contributed by atoms with Crippen LogP contribution in [0.5, 0.6) is 0 Å². The number of carbonyl (C=O) groups excluding carboxylic acids is 2. The Kier molecular flexibility index (Phi) is 5.57. The number of aromatic nitrogens is 2. The summed E-state index contributed by atoms with van der Waals surface area (Å²) >= 11 is 0. The molecule has 1 aromatic heterocycles. The minimum absolute atomic E-state index is 0.0472. The van der Waals surface area contributed by atoms with Gasteiger partial charge >= 0.3 is 0 Å². The summed E-state index contributed by atoms with van der Waals surface area (Å²) in [5, 5.41) is 0. The summed E-state index contributed by atoms with van der Waals surface area (Å²) < 4.78 is 2.01. The fraction of sp³-hybridized carbons (Fsp3) is 0.375. The maximum absolute atomic E-state index is 12.9. The second-order valence-corrected chi connectivity index (χ2v) is 7.80. The zero-order valence-electron chi connectivity index (χ0n) is 17.8. The van der Waals surface area contributed by atoms with E-state index in [0.717, 1.165) is 28.1 Å². The lowest BCUT2D eigenvalue weighted by Gasteiger charge is -2.21. The van der Waals surface area contributed by atoms with Crippen molar-refractivity contribution in [2.75, 3.05) is 24.5 Å². The number of benzene rings is 2. The number of aryl methyl sites for hydroxylation is 1. The van der Waals surface area contributed by atoms with Crippen LogP contribution in [0.15, 0.2) is 48.5 Å². The Morgan fingerprint density at radius 2 is 1.80 bits per heavy atom. The second-order valence-electron chi connectivity index (χ2n) is 7.80. The summed E-state index contributed by atoms with van der Waals surface area (Å²) in [4.78, 5) is 34.3. The third-order valence-electron chi connectivity index (χ3n) is 5.99. The third-order valence-corrected chi connectivity index (χ3v) is 5.99. The molecule has 156 valence electrons. The van der Waals surface area contributed by atoms with Crippen LogP contribution < -0.4 is 4.90 Å². The molecule has 1 fully saturated rings. The summed E-state index contributed by atoms with van der Waals surface area (Å²) in [5.41, 5.74) is 3.83. The second kappa shape index (κ2) is 8.30. The molecule has 0 radical (unpaired) electrons. The van der Waals surface area contributed by atoms with Gasteiger partial charge in [0.1, 0.15) is 12.4 Å². The summed E-state index contributed by atoms with van der Waals surface area (Å²) in [5.74, 6) is 0.947. The average molecular weight is 405 g/mol. The molecule has 4 rings (SSSR count). The first-order chi connectivity index (χ1) is 14.5. The van der Waals surface area contributed by atoms with Gasteiger partial charge in [0.15, 0.2) is 0 Å². The fourth-order valence-corrected chi connectivity index (χ4v) is 4.36. The molecule has 0 spiro atoms. The molecular weight excluding hydrogens is 376 g/mol. The highest BCUT2D eigenvalue weighted by atomic mass is 16.2. The summed E-state index contributed by atoms with van der Waals surface area (Å²) in [6.07, 6.45) is 0.400. The Morgan fingerprint density at radius 3 is 2.53 bits per heavy atom.